The van der Waals surface area contributed by atoms with Crippen molar-refractivity contribution in [2.24, 2.45) is 4.99 Å². The Morgan fingerprint density at radius 3 is 2.86 bits per heavy atom. The highest BCUT2D eigenvalue weighted by atomic mass is 16.5. The highest BCUT2D eigenvalue weighted by Crippen LogP contribution is 2.43. The Bertz CT molecular complexity index is 731. The molecule has 1 heterocycles. The van der Waals surface area contributed by atoms with Gasteiger partial charge in [-0.1, -0.05) is 0 Å². The lowest BCUT2D eigenvalue weighted by Crippen LogP contribution is -2.22. The molecule has 1 aliphatic carbocycles. The Labute approximate surface area is 119 Å². The van der Waals surface area contributed by atoms with Gasteiger partial charge in [-0.05, 0) is 18.2 Å². The molecule has 0 saturated carbocycles. The van der Waals surface area contributed by atoms with E-state index in [1.807, 2.05) is 0 Å². The van der Waals surface area contributed by atoms with Crippen molar-refractivity contribution in [3.63, 3.8) is 0 Å². The van der Waals surface area contributed by atoms with Gasteiger partial charge in [0.2, 0.25) is 0 Å². The molecule has 0 amide bonds. The minimum Gasteiger partial charge on any atom is -0.509 e. The number of carboxylic acid groups (broad SMARTS) is 1. The summed E-state index contributed by atoms with van der Waals surface area (Å²) in [7, 11) is 1.39. The van der Waals surface area contributed by atoms with Gasteiger partial charge in [0.05, 0.1) is 12.7 Å². The van der Waals surface area contributed by atoms with E-state index in [4.69, 9.17) is 14.6 Å². The van der Waals surface area contributed by atoms with E-state index in [1.165, 1.54) is 31.4 Å². The molecule has 21 heavy (non-hydrogen) atoms. The molecule has 1 aromatic rings. The zero-order chi connectivity index (χ0) is 15.1. The lowest BCUT2D eigenvalue weighted by molar-refractivity contribution is 0.0696. The first kappa shape index (κ1) is 13.2. The average Bonchev–Trinajstić information content (AvgIpc) is 2.45. The van der Waals surface area contributed by atoms with Crippen molar-refractivity contribution in [1.82, 2.24) is 0 Å². The molecule has 1 aliphatic heterocycles. The largest absolute Gasteiger partial charge is 0.509 e. The number of allylic oxidation sites excluding steroid dienone is 1. The molecular weight excluding hydrogens is 278 g/mol. The maximum atomic E-state index is 11.1. The highest BCUT2D eigenvalue weighted by molar-refractivity contribution is 6.11. The van der Waals surface area contributed by atoms with Crippen LogP contribution in [0.4, 0.5) is 5.69 Å². The molecule has 3 rings (SSSR count). The van der Waals surface area contributed by atoms with Gasteiger partial charge in [-0.3, -0.25) is 0 Å². The number of ether oxygens (including phenoxy) is 2. The van der Waals surface area contributed by atoms with Crippen molar-refractivity contribution < 1.29 is 29.6 Å². The summed E-state index contributed by atoms with van der Waals surface area (Å²) in [5, 5.41) is 28.2. The molecule has 2 aliphatic rings. The van der Waals surface area contributed by atoms with E-state index < -0.39 is 12.1 Å². The summed E-state index contributed by atoms with van der Waals surface area (Å²) in [5.74, 6) is -0.614. The third kappa shape index (κ3) is 2.13. The minimum atomic E-state index is -1.16. The average molecular weight is 289 g/mol. The van der Waals surface area contributed by atoms with Crippen molar-refractivity contribution >= 4 is 17.4 Å². The maximum absolute atomic E-state index is 11.1. The van der Waals surface area contributed by atoms with Gasteiger partial charge in [-0.25, -0.2) is 9.79 Å². The second kappa shape index (κ2) is 4.64. The van der Waals surface area contributed by atoms with Crippen molar-refractivity contribution in [2.45, 2.75) is 6.10 Å². The summed E-state index contributed by atoms with van der Waals surface area (Å²) in [6.07, 6.45) is 1.41. The summed E-state index contributed by atoms with van der Waals surface area (Å²) < 4.78 is 10.7. The number of carboxylic acids is 1. The van der Waals surface area contributed by atoms with Crippen molar-refractivity contribution in [2.75, 3.05) is 7.11 Å². The predicted molar refractivity (Wildman–Crippen MR) is 72.5 cm³/mol. The number of hydrogen-bond donors (Lipinski definition) is 3. The second-order valence-corrected chi connectivity index (χ2v) is 4.48. The molecule has 1 atom stereocenters. The van der Waals surface area contributed by atoms with E-state index in [2.05, 4.69) is 4.99 Å². The monoisotopic (exact) mass is 289 g/mol. The lowest BCUT2D eigenvalue weighted by Gasteiger charge is -2.23. The van der Waals surface area contributed by atoms with Gasteiger partial charge in [0, 0.05) is 6.08 Å². The van der Waals surface area contributed by atoms with Gasteiger partial charge in [0.1, 0.15) is 23.3 Å². The van der Waals surface area contributed by atoms with E-state index in [-0.39, 0.29) is 34.3 Å². The van der Waals surface area contributed by atoms with Gasteiger partial charge in [0.25, 0.3) is 0 Å². The Kier molecular flexibility index (Phi) is 2.91. The number of benzene rings is 1. The number of aliphatic imine (C=N–C) groups is 1. The van der Waals surface area contributed by atoms with Crippen LogP contribution in [0, 0.1) is 0 Å². The summed E-state index contributed by atoms with van der Waals surface area (Å²) >= 11 is 0. The number of fused-ring (bicyclic) bond motifs is 2. The number of aliphatic hydroxyl groups is 2. The van der Waals surface area contributed by atoms with Crippen LogP contribution in [0.15, 0.2) is 40.8 Å². The van der Waals surface area contributed by atoms with Crippen LogP contribution in [-0.2, 0) is 0 Å². The molecule has 108 valence electrons. The van der Waals surface area contributed by atoms with Crippen LogP contribution in [-0.4, -0.2) is 40.2 Å². The standard InChI is InChI=1S/C14H11NO6/c1-20-12-3-6(14(18)19)2-8-13(12)21-11-5-10(17)9(16)4-7(11)15-8/h2-5,10,16-17H,1H3,(H,18,19). The normalized spacial score (nSPS) is 19.3. The summed E-state index contributed by atoms with van der Waals surface area (Å²) in [4.78, 5) is 15.3. The first-order chi connectivity index (χ1) is 9.99. The zero-order valence-corrected chi connectivity index (χ0v) is 10.9. The molecule has 3 N–H and O–H groups in total. The molecular formula is C14H11NO6. The number of nitrogens with zero attached hydrogens (tertiary/aromatic N) is 1. The first-order valence-corrected chi connectivity index (χ1v) is 6.02. The molecule has 7 heteroatoms. The van der Waals surface area contributed by atoms with Crippen molar-refractivity contribution in [1.29, 1.82) is 0 Å². The maximum Gasteiger partial charge on any atom is 0.335 e. The Balaban J connectivity index is 2.18. The van der Waals surface area contributed by atoms with Crippen molar-refractivity contribution in [3.05, 3.63) is 41.4 Å². The number of hydrogen-bond acceptors (Lipinski definition) is 6. The number of carbonyl (C=O) groups is 1. The molecule has 0 bridgehead atoms. The smallest absolute Gasteiger partial charge is 0.335 e. The van der Waals surface area contributed by atoms with Gasteiger partial charge < -0.3 is 24.8 Å². The number of methoxy groups -OCH3 is 1. The van der Waals surface area contributed by atoms with Crippen LogP contribution in [0.25, 0.3) is 0 Å². The molecule has 0 radical (unpaired) electrons. The molecule has 1 unspecified atom stereocenters. The molecule has 0 spiro atoms. The quantitative estimate of drug-likeness (QED) is 0.762. The number of aromatic carboxylic acids is 1. The van der Waals surface area contributed by atoms with E-state index in [0.29, 0.717) is 5.71 Å². The highest BCUT2D eigenvalue weighted by Gasteiger charge is 2.28. The second-order valence-electron chi connectivity index (χ2n) is 4.48. The summed E-state index contributed by atoms with van der Waals surface area (Å²) in [6.45, 7) is 0. The summed E-state index contributed by atoms with van der Waals surface area (Å²) in [5.41, 5.74) is 0.587. The fourth-order valence-electron chi connectivity index (χ4n) is 2.07. The topological polar surface area (TPSA) is 109 Å². The lowest BCUT2D eigenvalue weighted by atomic mass is 10.1. The first-order valence-electron chi connectivity index (χ1n) is 6.02. The predicted octanol–water partition coefficient (Wildman–Crippen LogP) is 1.56. The third-order valence-electron chi connectivity index (χ3n) is 3.10. The van der Waals surface area contributed by atoms with Crippen molar-refractivity contribution in [3.8, 4) is 11.5 Å². The van der Waals surface area contributed by atoms with E-state index in [9.17, 15) is 15.0 Å². The van der Waals surface area contributed by atoms with E-state index in [1.54, 1.807) is 0 Å². The van der Waals surface area contributed by atoms with Gasteiger partial charge in [-0.15, -0.1) is 0 Å². The zero-order valence-electron chi connectivity index (χ0n) is 10.9. The van der Waals surface area contributed by atoms with Gasteiger partial charge >= 0.3 is 5.97 Å². The van der Waals surface area contributed by atoms with Crippen LogP contribution >= 0.6 is 0 Å². The third-order valence-corrected chi connectivity index (χ3v) is 3.10. The number of rotatable bonds is 2. The Hall–Kier alpha value is -2.80. The van der Waals surface area contributed by atoms with Crippen LogP contribution < -0.4 is 9.47 Å². The van der Waals surface area contributed by atoms with Crippen LogP contribution in [0.2, 0.25) is 0 Å². The summed E-state index contributed by atoms with van der Waals surface area (Å²) in [6, 6.07) is 2.68. The van der Waals surface area contributed by atoms with Crippen LogP contribution in [0.3, 0.4) is 0 Å². The number of aliphatic hydroxyl groups excluding tert-OH is 2. The molecule has 0 saturated heterocycles. The van der Waals surface area contributed by atoms with Gasteiger partial charge in [0.15, 0.2) is 17.3 Å². The Morgan fingerprint density at radius 2 is 2.19 bits per heavy atom. The van der Waals surface area contributed by atoms with Crippen LogP contribution in [0.5, 0.6) is 11.5 Å². The van der Waals surface area contributed by atoms with E-state index >= 15 is 0 Å². The fraction of sp³-hybridized carbons (Fsp3) is 0.143. The molecule has 0 aromatic heterocycles. The fourth-order valence-corrected chi connectivity index (χ4v) is 2.07. The molecule has 7 nitrogen and oxygen atoms in total. The minimum absolute atomic E-state index is 0.00928. The van der Waals surface area contributed by atoms with Gasteiger partial charge in [-0.2, -0.15) is 0 Å². The SMILES string of the molecule is COc1cc(C(=O)O)cc2c1OC1=CC(O)C(O)=CC1=N2. The van der Waals surface area contributed by atoms with Crippen LogP contribution in [0.1, 0.15) is 10.4 Å². The molecule has 0 fully saturated rings. The van der Waals surface area contributed by atoms with E-state index in [0.717, 1.165) is 0 Å². The Morgan fingerprint density at radius 1 is 1.43 bits per heavy atom. The molecule has 1 aromatic carbocycles.